The second kappa shape index (κ2) is 17.2. The van der Waals surface area contributed by atoms with Crippen LogP contribution in [0.5, 0.6) is 0 Å². The van der Waals surface area contributed by atoms with E-state index >= 15 is 0 Å². The van der Waals surface area contributed by atoms with Crippen LogP contribution in [-0.4, -0.2) is 63.1 Å². The topological polar surface area (TPSA) is 68.2 Å². The summed E-state index contributed by atoms with van der Waals surface area (Å²) in [6, 6.07) is 0. The summed E-state index contributed by atoms with van der Waals surface area (Å²) in [5.41, 5.74) is 0. The Balaban J connectivity index is 0. The third-order valence-electron chi connectivity index (χ3n) is 1.75. The van der Waals surface area contributed by atoms with Crippen molar-refractivity contribution in [1.29, 1.82) is 0 Å². The summed E-state index contributed by atoms with van der Waals surface area (Å²) in [7, 11) is 1.64. The zero-order valence-electron chi connectivity index (χ0n) is 10.6. The molecule has 0 aliphatic rings. The lowest BCUT2D eigenvalue weighted by atomic mass is 10.3. The number of methoxy groups -OCH3 is 1. The first-order valence-electron chi connectivity index (χ1n) is 5.62. The first-order chi connectivity index (χ1) is 7.72. The van der Waals surface area contributed by atoms with Gasteiger partial charge in [-0.2, -0.15) is 0 Å². The third kappa shape index (κ3) is 19.4. The summed E-state index contributed by atoms with van der Waals surface area (Å²) >= 11 is 0. The van der Waals surface area contributed by atoms with Gasteiger partial charge in [0.15, 0.2) is 0 Å². The van der Waals surface area contributed by atoms with Crippen LogP contribution in [0.1, 0.15) is 20.3 Å². The molecule has 0 aromatic carbocycles. The van der Waals surface area contributed by atoms with Crippen LogP contribution in [0.15, 0.2) is 0 Å². The van der Waals surface area contributed by atoms with Crippen molar-refractivity contribution in [3.05, 3.63) is 0 Å². The van der Waals surface area contributed by atoms with Crippen LogP contribution in [-0.2, 0) is 14.2 Å². The zero-order chi connectivity index (χ0) is 12.6. The summed E-state index contributed by atoms with van der Waals surface area (Å²) in [6.45, 7) is 6.50. The number of hydrogen-bond donors (Lipinski definition) is 2. The minimum Gasteiger partial charge on any atom is -0.396 e. The molecule has 0 spiro atoms. The molecule has 1 atom stereocenters. The molecular formula is C11H26O5. The number of ether oxygens (including phenoxy) is 3. The van der Waals surface area contributed by atoms with E-state index in [1.807, 2.05) is 13.8 Å². The lowest BCUT2D eigenvalue weighted by Gasteiger charge is -2.04. The second-order valence-electron chi connectivity index (χ2n) is 3.09. The van der Waals surface area contributed by atoms with E-state index in [4.69, 9.17) is 24.4 Å². The van der Waals surface area contributed by atoms with Crippen LogP contribution in [0.3, 0.4) is 0 Å². The number of aliphatic hydroxyl groups excluding tert-OH is 2. The normalized spacial score (nSPS) is 11.8. The van der Waals surface area contributed by atoms with Crippen molar-refractivity contribution in [3.8, 4) is 0 Å². The van der Waals surface area contributed by atoms with Gasteiger partial charge in [-0.25, -0.2) is 0 Å². The van der Waals surface area contributed by atoms with Crippen molar-refractivity contribution in [2.75, 3.05) is 46.8 Å². The number of hydrogen-bond acceptors (Lipinski definition) is 5. The lowest BCUT2D eigenvalue weighted by molar-refractivity contribution is 0.0370. The van der Waals surface area contributed by atoms with Gasteiger partial charge in [-0.1, -0.05) is 0 Å². The summed E-state index contributed by atoms with van der Waals surface area (Å²) in [6.07, 6.45) is 0.932. The number of rotatable bonds is 9. The third-order valence-corrected chi connectivity index (χ3v) is 1.75. The van der Waals surface area contributed by atoms with Crippen molar-refractivity contribution in [2.45, 2.75) is 26.4 Å². The Labute approximate surface area is 98.3 Å². The van der Waals surface area contributed by atoms with Gasteiger partial charge in [-0.3, -0.25) is 0 Å². The SMILES string of the molecule is CCOCCOCCO.COC(C)CCO. The average Bonchev–Trinajstić information content (AvgIpc) is 2.30. The van der Waals surface area contributed by atoms with Crippen LogP contribution in [0.2, 0.25) is 0 Å². The molecule has 16 heavy (non-hydrogen) atoms. The van der Waals surface area contributed by atoms with Gasteiger partial charge in [0, 0.05) is 20.3 Å². The molecule has 2 N–H and O–H groups in total. The molecule has 0 fully saturated rings. The van der Waals surface area contributed by atoms with Crippen molar-refractivity contribution in [1.82, 2.24) is 0 Å². The predicted octanol–water partition coefficient (Wildman–Crippen LogP) is 0.435. The standard InChI is InChI=1S/C6H14O3.C5H12O2/c1-2-8-5-6-9-4-3-7;1-5(7-2)3-4-6/h7H,2-6H2,1H3;5-6H,3-4H2,1-2H3. The first kappa shape index (κ1) is 18.2. The zero-order valence-corrected chi connectivity index (χ0v) is 10.6. The highest BCUT2D eigenvalue weighted by atomic mass is 16.5. The van der Waals surface area contributed by atoms with Gasteiger partial charge in [0.25, 0.3) is 0 Å². The van der Waals surface area contributed by atoms with Gasteiger partial charge >= 0.3 is 0 Å². The van der Waals surface area contributed by atoms with Crippen LogP contribution in [0.25, 0.3) is 0 Å². The van der Waals surface area contributed by atoms with Crippen LogP contribution in [0.4, 0.5) is 0 Å². The lowest BCUT2D eigenvalue weighted by Crippen LogP contribution is -2.06. The molecule has 100 valence electrons. The Morgan fingerprint density at radius 2 is 1.62 bits per heavy atom. The van der Waals surface area contributed by atoms with E-state index in [1.165, 1.54) is 0 Å². The Morgan fingerprint density at radius 3 is 2.00 bits per heavy atom. The molecule has 0 amide bonds. The Hall–Kier alpha value is -0.200. The second-order valence-corrected chi connectivity index (χ2v) is 3.09. The van der Waals surface area contributed by atoms with Crippen molar-refractivity contribution in [3.63, 3.8) is 0 Å². The minimum atomic E-state index is 0.0894. The van der Waals surface area contributed by atoms with Gasteiger partial charge in [0.2, 0.25) is 0 Å². The molecule has 5 nitrogen and oxygen atoms in total. The van der Waals surface area contributed by atoms with E-state index in [-0.39, 0.29) is 19.3 Å². The molecule has 0 rings (SSSR count). The van der Waals surface area contributed by atoms with Crippen LogP contribution < -0.4 is 0 Å². The molecule has 0 aromatic heterocycles. The van der Waals surface area contributed by atoms with Crippen LogP contribution in [0, 0.1) is 0 Å². The van der Waals surface area contributed by atoms with Crippen molar-refractivity contribution in [2.24, 2.45) is 0 Å². The van der Waals surface area contributed by atoms with Gasteiger partial charge in [-0.05, 0) is 20.3 Å². The molecule has 1 unspecified atom stereocenters. The molecular weight excluding hydrogens is 212 g/mol. The number of aliphatic hydroxyl groups is 2. The van der Waals surface area contributed by atoms with E-state index in [0.717, 1.165) is 13.0 Å². The molecule has 0 bridgehead atoms. The molecule has 0 radical (unpaired) electrons. The maximum absolute atomic E-state index is 8.29. The quantitative estimate of drug-likeness (QED) is 0.570. The molecule has 0 saturated carbocycles. The highest BCUT2D eigenvalue weighted by molar-refractivity contribution is 4.44. The summed E-state index contributed by atoms with van der Waals surface area (Å²) in [4.78, 5) is 0. The molecule has 0 aliphatic carbocycles. The molecule has 0 saturated heterocycles. The van der Waals surface area contributed by atoms with E-state index in [1.54, 1.807) is 7.11 Å². The first-order valence-corrected chi connectivity index (χ1v) is 5.62. The summed E-state index contributed by atoms with van der Waals surface area (Å²) < 4.78 is 14.7. The van der Waals surface area contributed by atoms with E-state index in [2.05, 4.69) is 0 Å². The summed E-state index contributed by atoms with van der Waals surface area (Å²) in [5.74, 6) is 0. The maximum Gasteiger partial charge on any atom is 0.0701 e. The molecule has 5 heteroatoms. The minimum absolute atomic E-state index is 0.0894. The molecule has 0 heterocycles. The summed E-state index contributed by atoms with van der Waals surface area (Å²) in [5, 5.41) is 16.5. The maximum atomic E-state index is 8.29. The van der Waals surface area contributed by atoms with Crippen molar-refractivity contribution < 1.29 is 24.4 Å². The highest BCUT2D eigenvalue weighted by Gasteiger charge is 1.93. The molecule has 0 aromatic rings. The van der Waals surface area contributed by atoms with Gasteiger partial charge in [-0.15, -0.1) is 0 Å². The van der Waals surface area contributed by atoms with Crippen molar-refractivity contribution >= 4 is 0 Å². The average molecular weight is 238 g/mol. The largest absolute Gasteiger partial charge is 0.396 e. The fourth-order valence-electron chi connectivity index (χ4n) is 0.728. The van der Waals surface area contributed by atoms with Crippen LogP contribution >= 0.6 is 0 Å². The van der Waals surface area contributed by atoms with E-state index in [0.29, 0.717) is 19.8 Å². The van der Waals surface area contributed by atoms with Gasteiger partial charge < -0.3 is 24.4 Å². The Bertz CT molecular complexity index is 105. The Kier molecular flexibility index (Phi) is 19.5. The van der Waals surface area contributed by atoms with E-state index < -0.39 is 0 Å². The van der Waals surface area contributed by atoms with Gasteiger partial charge in [0.05, 0.1) is 32.5 Å². The predicted molar refractivity (Wildman–Crippen MR) is 62.6 cm³/mol. The van der Waals surface area contributed by atoms with Gasteiger partial charge in [0.1, 0.15) is 0 Å². The van der Waals surface area contributed by atoms with E-state index in [9.17, 15) is 0 Å². The fourth-order valence-corrected chi connectivity index (χ4v) is 0.728. The highest BCUT2D eigenvalue weighted by Crippen LogP contribution is 1.90. The fraction of sp³-hybridized carbons (Fsp3) is 1.00. The smallest absolute Gasteiger partial charge is 0.0701 e. The Morgan fingerprint density at radius 1 is 1.00 bits per heavy atom. The monoisotopic (exact) mass is 238 g/mol. The molecule has 0 aliphatic heterocycles.